The highest BCUT2D eigenvalue weighted by molar-refractivity contribution is 5.91. The van der Waals surface area contributed by atoms with E-state index in [0.29, 0.717) is 0 Å². The van der Waals surface area contributed by atoms with Crippen LogP contribution in [-0.2, 0) is 12.7 Å². The molecule has 3 aromatic carbocycles. The van der Waals surface area contributed by atoms with Crippen molar-refractivity contribution in [3.8, 4) is 5.69 Å². The lowest BCUT2D eigenvalue weighted by atomic mass is 10.0. The zero-order valence-electron chi connectivity index (χ0n) is 19.8. The molecule has 0 fully saturated rings. The van der Waals surface area contributed by atoms with Crippen molar-refractivity contribution in [2.45, 2.75) is 18.8 Å². The third-order valence-corrected chi connectivity index (χ3v) is 6.42. The van der Waals surface area contributed by atoms with Crippen LogP contribution in [0.25, 0.3) is 5.69 Å². The molecule has 8 heteroatoms. The number of halogens is 3. The van der Waals surface area contributed by atoms with Crippen LogP contribution in [-0.4, -0.2) is 29.6 Å². The third kappa shape index (κ3) is 4.30. The Labute approximate surface area is 207 Å². The van der Waals surface area contributed by atoms with E-state index in [9.17, 15) is 18.0 Å². The number of rotatable bonds is 3. The van der Waals surface area contributed by atoms with Gasteiger partial charge >= 0.3 is 12.2 Å². The number of nitrogens with zero attached hydrogens (tertiary/aromatic N) is 3. The van der Waals surface area contributed by atoms with Gasteiger partial charge in [0.05, 0.1) is 29.5 Å². The molecule has 0 bridgehead atoms. The van der Waals surface area contributed by atoms with E-state index in [1.54, 1.807) is 4.90 Å². The van der Waals surface area contributed by atoms with E-state index in [-0.39, 0.29) is 12.2 Å². The average Bonchev–Trinajstić information content (AvgIpc) is 3.28. The first-order valence-electron chi connectivity index (χ1n) is 11.5. The Balaban J connectivity index is 1.62. The van der Waals surface area contributed by atoms with Gasteiger partial charge in [0.25, 0.3) is 0 Å². The number of para-hydroxylation sites is 2. The molecular formula is C28H25F3N4O. The van der Waals surface area contributed by atoms with Crippen molar-refractivity contribution in [2.24, 2.45) is 0 Å². The van der Waals surface area contributed by atoms with E-state index in [2.05, 4.69) is 5.32 Å². The van der Waals surface area contributed by atoms with Crippen molar-refractivity contribution < 1.29 is 18.0 Å². The van der Waals surface area contributed by atoms with E-state index in [0.717, 1.165) is 34.3 Å². The van der Waals surface area contributed by atoms with Gasteiger partial charge in [-0.3, -0.25) is 0 Å². The molecular weight excluding hydrogens is 465 g/mol. The Morgan fingerprint density at radius 1 is 0.917 bits per heavy atom. The van der Waals surface area contributed by atoms with Crippen molar-refractivity contribution in [3.05, 3.63) is 114 Å². The lowest BCUT2D eigenvalue weighted by molar-refractivity contribution is -0.136. The predicted molar refractivity (Wildman–Crippen MR) is 134 cm³/mol. The fourth-order valence-electron chi connectivity index (χ4n) is 4.67. The van der Waals surface area contributed by atoms with E-state index < -0.39 is 23.8 Å². The number of urea groups is 1. The van der Waals surface area contributed by atoms with E-state index in [4.69, 9.17) is 0 Å². The van der Waals surface area contributed by atoms with Crippen LogP contribution >= 0.6 is 0 Å². The minimum Gasteiger partial charge on any atom is -0.378 e. The third-order valence-electron chi connectivity index (χ3n) is 6.42. The standard InChI is InChI=1S/C28H25F3N4O/c1-33(2)21-15-13-19(14-16-21)26-25-12-7-17-34(25)24-11-6-3-8-20(24)18-35(26)27(36)32-23-10-5-4-9-22(23)28(29,30)31/h3-17,26H,18H2,1-2H3,(H,32,36)/t26-/m1/s1. The summed E-state index contributed by atoms with van der Waals surface area (Å²) in [5, 5.41) is 2.55. The molecule has 0 aliphatic carbocycles. The monoisotopic (exact) mass is 490 g/mol. The summed E-state index contributed by atoms with van der Waals surface area (Å²) in [4.78, 5) is 17.3. The Kier molecular flexibility index (Phi) is 5.96. The molecule has 0 saturated carbocycles. The first-order chi connectivity index (χ1) is 17.2. The maximum Gasteiger partial charge on any atom is 0.418 e. The fraction of sp³-hybridized carbons (Fsp3) is 0.179. The van der Waals surface area contributed by atoms with Crippen LogP contribution < -0.4 is 10.2 Å². The molecule has 5 rings (SSSR count). The van der Waals surface area contributed by atoms with Gasteiger partial charge in [-0.05, 0) is 53.6 Å². The number of nitrogens with one attached hydrogen (secondary N) is 1. The molecule has 184 valence electrons. The molecule has 36 heavy (non-hydrogen) atoms. The average molecular weight is 491 g/mol. The molecule has 1 aliphatic heterocycles. The largest absolute Gasteiger partial charge is 0.418 e. The molecule has 0 spiro atoms. The molecule has 0 radical (unpaired) electrons. The maximum atomic E-state index is 13.7. The van der Waals surface area contributed by atoms with Crippen LogP contribution in [0.1, 0.15) is 28.4 Å². The number of hydrogen-bond acceptors (Lipinski definition) is 2. The van der Waals surface area contributed by atoms with Crippen LogP contribution in [0.4, 0.5) is 29.3 Å². The fourth-order valence-corrected chi connectivity index (χ4v) is 4.67. The van der Waals surface area contributed by atoms with Crippen molar-refractivity contribution in [2.75, 3.05) is 24.3 Å². The van der Waals surface area contributed by atoms with Gasteiger partial charge in [0, 0.05) is 31.7 Å². The molecule has 2 heterocycles. The summed E-state index contributed by atoms with van der Waals surface area (Å²) in [5.74, 6) is 0. The Morgan fingerprint density at radius 3 is 2.33 bits per heavy atom. The van der Waals surface area contributed by atoms with Gasteiger partial charge in [0.2, 0.25) is 0 Å². The minimum atomic E-state index is -4.59. The highest BCUT2D eigenvalue weighted by atomic mass is 19.4. The summed E-state index contributed by atoms with van der Waals surface area (Å²) in [5.41, 5.74) is 3.36. The van der Waals surface area contributed by atoms with E-state index in [1.165, 1.54) is 18.2 Å². The van der Waals surface area contributed by atoms with E-state index >= 15 is 0 Å². The Morgan fingerprint density at radius 2 is 1.61 bits per heavy atom. The van der Waals surface area contributed by atoms with Gasteiger partial charge in [-0.25, -0.2) is 4.79 Å². The van der Waals surface area contributed by atoms with Crippen LogP contribution in [0.2, 0.25) is 0 Å². The predicted octanol–water partition coefficient (Wildman–Crippen LogP) is 6.70. The number of alkyl halides is 3. The number of benzene rings is 3. The van der Waals surface area contributed by atoms with Gasteiger partial charge in [0.15, 0.2) is 0 Å². The Bertz CT molecular complexity index is 1390. The molecule has 0 unspecified atom stereocenters. The van der Waals surface area contributed by atoms with Crippen LogP contribution in [0.5, 0.6) is 0 Å². The van der Waals surface area contributed by atoms with Crippen molar-refractivity contribution in [1.29, 1.82) is 0 Å². The zero-order valence-corrected chi connectivity index (χ0v) is 19.8. The summed E-state index contributed by atoms with van der Waals surface area (Å²) >= 11 is 0. The molecule has 1 N–H and O–H groups in total. The first kappa shape index (κ1) is 23.5. The topological polar surface area (TPSA) is 40.5 Å². The molecule has 0 saturated heterocycles. The smallest absolute Gasteiger partial charge is 0.378 e. The van der Waals surface area contributed by atoms with Gasteiger partial charge in [-0.15, -0.1) is 0 Å². The highest BCUT2D eigenvalue weighted by Gasteiger charge is 2.36. The number of fused-ring (bicyclic) bond motifs is 3. The quantitative estimate of drug-likeness (QED) is 0.347. The van der Waals surface area contributed by atoms with Crippen molar-refractivity contribution in [3.63, 3.8) is 0 Å². The van der Waals surface area contributed by atoms with Crippen molar-refractivity contribution >= 4 is 17.4 Å². The molecule has 1 aliphatic rings. The van der Waals surface area contributed by atoms with Crippen LogP contribution in [0, 0.1) is 0 Å². The molecule has 5 nitrogen and oxygen atoms in total. The molecule has 4 aromatic rings. The van der Waals surface area contributed by atoms with Crippen LogP contribution in [0.3, 0.4) is 0 Å². The number of carbonyl (C=O) groups is 1. The minimum absolute atomic E-state index is 0.220. The first-order valence-corrected chi connectivity index (χ1v) is 11.5. The second-order valence-electron chi connectivity index (χ2n) is 8.92. The number of carbonyl (C=O) groups excluding carboxylic acids is 1. The number of aromatic nitrogens is 1. The van der Waals surface area contributed by atoms with Gasteiger partial charge in [-0.1, -0.05) is 42.5 Å². The zero-order chi connectivity index (χ0) is 25.4. The normalized spacial score (nSPS) is 15.0. The summed E-state index contributed by atoms with van der Waals surface area (Å²) in [6, 6.07) is 23.3. The van der Waals surface area contributed by atoms with Gasteiger partial charge in [0.1, 0.15) is 0 Å². The number of amides is 2. The summed E-state index contributed by atoms with van der Waals surface area (Å²) in [7, 11) is 3.89. The molecule has 2 amide bonds. The highest BCUT2D eigenvalue weighted by Crippen LogP contribution is 2.39. The number of hydrogen-bond donors (Lipinski definition) is 1. The Hall–Kier alpha value is -4.20. The second-order valence-corrected chi connectivity index (χ2v) is 8.92. The van der Waals surface area contributed by atoms with Crippen molar-refractivity contribution in [1.82, 2.24) is 9.47 Å². The molecule has 1 atom stereocenters. The van der Waals surface area contributed by atoms with Gasteiger partial charge in [-0.2, -0.15) is 13.2 Å². The van der Waals surface area contributed by atoms with E-state index in [1.807, 2.05) is 90.4 Å². The maximum absolute atomic E-state index is 13.7. The summed E-state index contributed by atoms with van der Waals surface area (Å²) < 4.78 is 42.9. The van der Waals surface area contributed by atoms with Crippen LogP contribution in [0.15, 0.2) is 91.1 Å². The lowest BCUT2D eigenvalue weighted by Crippen LogP contribution is -2.38. The summed E-state index contributed by atoms with van der Waals surface area (Å²) in [6.07, 6.45) is -2.65. The summed E-state index contributed by atoms with van der Waals surface area (Å²) in [6.45, 7) is 0.220. The lowest BCUT2D eigenvalue weighted by Gasteiger charge is -2.31. The molecule has 1 aromatic heterocycles. The SMILES string of the molecule is CN(C)c1ccc([C@@H]2c3cccn3-c3ccccc3CN2C(=O)Nc2ccccc2C(F)(F)F)cc1. The van der Waals surface area contributed by atoms with Gasteiger partial charge < -0.3 is 19.7 Å². The number of anilines is 2. The second kappa shape index (κ2) is 9.11.